The Balaban J connectivity index is 3.13. The number of amides is 2. The molecule has 0 heterocycles. The Morgan fingerprint density at radius 2 is 2.25 bits per heavy atom. The van der Waals surface area contributed by atoms with Crippen LogP contribution in [0.4, 0.5) is 4.79 Å². The summed E-state index contributed by atoms with van der Waals surface area (Å²) in [4.78, 5) is 10.2. The lowest BCUT2D eigenvalue weighted by Crippen LogP contribution is -2.39. The first kappa shape index (κ1) is 11.2. The van der Waals surface area contributed by atoms with E-state index in [9.17, 15) is 4.79 Å². The van der Waals surface area contributed by atoms with E-state index in [4.69, 9.17) is 10.5 Å². The quantitative estimate of drug-likeness (QED) is 0.466. The molecule has 2 amide bonds. The van der Waals surface area contributed by atoms with Gasteiger partial charge in [0.1, 0.15) is 0 Å². The van der Waals surface area contributed by atoms with Crippen LogP contribution < -0.4 is 16.4 Å². The van der Waals surface area contributed by atoms with Crippen molar-refractivity contribution in [2.24, 2.45) is 5.73 Å². The Morgan fingerprint density at radius 1 is 1.58 bits per heavy atom. The van der Waals surface area contributed by atoms with Crippen molar-refractivity contribution >= 4 is 6.03 Å². The van der Waals surface area contributed by atoms with E-state index >= 15 is 0 Å². The maximum Gasteiger partial charge on any atom is 0.312 e. The van der Waals surface area contributed by atoms with Gasteiger partial charge in [0.15, 0.2) is 0 Å². The van der Waals surface area contributed by atoms with E-state index in [0.29, 0.717) is 25.7 Å². The molecule has 0 fully saturated rings. The maximum absolute atomic E-state index is 10.2. The molecule has 0 aromatic heterocycles. The van der Waals surface area contributed by atoms with Crippen LogP contribution >= 0.6 is 0 Å². The summed E-state index contributed by atoms with van der Waals surface area (Å²) in [6, 6.07) is -0.194. The smallest absolute Gasteiger partial charge is 0.312 e. The zero-order valence-corrected chi connectivity index (χ0v) is 7.59. The van der Waals surface area contributed by atoms with Crippen molar-refractivity contribution in [2.45, 2.75) is 13.0 Å². The highest BCUT2D eigenvalue weighted by molar-refractivity contribution is 5.71. The fourth-order valence-electron chi connectivity index (χ4n) is 0.813. The van der Waals surface area contributed by atoms with Crippen molar-refractivity contribution in [1.82, 2.24) is 10.6 Å². The number of primary amides is 1. The monoisotopic (exact) mass is 175 g/mol. The fourth-order valence-corrected chi connectivity index (χ4v) is 0.813. The minimum atomic E-state index is -0.490. The second kappa shape index (κ2) is 6.87. The predicted molar refractivity (Wildman–Crippen MR) is 46.9 cm³/mol. The van der Waals surface area contributed by atoms with Crippen LogP contribution in [-0.2, 0) is 4.74 Å². The zero-order chi connectivity index (χ0) is 9.40. The third kappa shape index (κ3) is 7.30. The number of nitrogens with one attached hydrogen (secondary N) is 2. The Kier molecular flexibility index (Phi) is 6.41. The number of urea groups is 1. The molecule has 72 valence electrons. The first-order valence-corrected chi connectivity index (χ1v) is 3.92. The molecule has 5 heteroatoms. The third-order valence-corrected chi connectivity index (χ3v) is 1.33. The van der Waals surface area contributed by atoms with Gasteiger partial charge in [-0.15, -0.1) is 0 Å². The van der Waals surface area contributed by atoms with Gasteiger partial charge in [0, 0.05) is 26.2 Å². The van der Waals surface area contributed by atoms with Crippen LogP contribution in [0.15, 0.2) is 0 Å². The van der Waals surface area contributed by atoms with E-state index in [-0.39, 0.29) is 0 Å². The molecule has 0 saturated carbocycles. The second-order valence-corrected chi connectivity index (χ2v) is 2.60. The van der Waals surface area contributed by atoms with Crippen molar-refractivity contribution in [2.75, 3.05) is 26.8 Å². The summed E-state index contributed by atoms with van der Waals surface area (Å²) in [7, 11) is 1.65. The SMILES string of the molecule is COCC(C)NCCNC(N)=O. The molecule has 0 spiro atoms. The molecular weight excluding hydrogens is 158 g/mol. The molecule has 0 aromatic rings. The summed E-state index contributed by atoms with van der Waals surface area (Å²) in [5.74, 6) is 0. The highest BCUT2D eigenvalue weighted by atomic mass is 16.5. The molecule has 0 aliphatic rings. The lowest BCUT2D eigenvalue weighted by Gasteiger charge is -2.12. The van der Waals surface area contributed by atoms with Crippen LogP contribution in [0, 0.1) is 0 Å². The van der Waals surface area contributed by atoms with Gasteiger partial charge in [-0.1, -0.05) is 0 Å². The number of rotatable bonds is 6. The molecule has 0 saturated heterocycles. The van der Waals surface area contributed by atoms with E-state index in [1.54, 1.807) is 7.11 Å². The third-order valence-electron chi connectivity index (χ3n) is 1.33. The number of methoxy groups -OCH3 is 1. The molecule has 0 bridgehead atoms. The van der Waals surface area contributed by atoms with Gasteiger partial charge in [-0.2, -0.15) is 0 Å². The largest absolute Gasteiger partial charge is 0.383 e. The van der Waals surface area contributed by atoms with Crippen LogP contribution in [0.1, 0.15) is 6.92 Å². The fraction of sp³-hybridized carbons (Fsp3) is 0.857. The Bertz CT molecular complexity index is 130. The second-order valence-electron chi connectivity index (χ2n) is 2.60. The highest BCUT2D eigenvalue weighted by Crippen LogP contribution is 1.79. The van der Waals surface area contributed by atoms with Crippen LogP contribution in [-0.4, -0.2) is 38.9 Å². The molecule has 4 N–H and O–H groups in total. The molecule has 5 nitrogen and oxygen atoms in total. The molecule has 12 heavy (non-hydrogen) atoms. The number of hydrogen-bond donors (Lipinski definition) is 3. The standard InChI is InChI=1S/C7H17N3O2/c1-6(5-12-2)9-3-4-10-7(8)11/h6,9H,3-5H2,1-2H3,(H3,8,10,11). The number of hydrogen-bond acceptors (Lipinski definition) is 3. The summed E-state index contributed by atoms with van der Waals surface area (Å²) in [6.07, 6.45) is 0. The normalized spacial score (nSPS) is 12.5. The Morgan fingerprint density at radius 3 is 2.75 bits per heavy atom. The van der Waals surface area contributed by atoms with Crippen LogP contribution in [0.2, 0.25) is 0 Å². The van der Waals surface area contributed by atoms with Gasteiger partial charge < -0.3 is 21.1 Å². The van der Waals surface area contributed by atoms with Crippen LogP contribution in [0.3, 0.4) is 0 Å². The molecule has 1 unspecified atom stereocenters. The first-order chi connectivity index (χ1) is 5.66. The van der Waals surface area contributed by atoms with Gasteiger partial charge in [-0.3, -0.25) is 0 Å². The van der Waals surface area contributed by atoms with E-state index in [1.807, 2.05) is 6.92 Å². The van der Waals surface area contributed by atoms with Crippen LogP contribution in [0.25, 0.3) is 0 Å². The van der Waals surface area contributed by atoms with Crippen molar-refractivity contribution < 1.29 is 9.53 Å². The minimum absolute atomic E-state index is 0.296. The van der Waals surface area contributed by atoms with Gasteiger partial charge in [0.05, 0.1) is 6.61 Å². The topological polar surface area (TPSA) is 76.4 Å². The lowest BCUT2D eigenvalue weighted by molar-refractivity contribution is 0.172. The van der Waals surface area contributed by atoms with Gasteiger partial charge in [-0.05, 0) is 6.92 Å². The summed E-state index contributed by atoms with van der Waals surface area (Å²) >= 11 is 0. The minimum Gasteiger partial charge on any atom is -0.383 e. The lowest BCUT2D eigenvalue weighted by atomic mass is 10.3. The number of ether oxygens (including phenoxy) is 1. The van der Waals surface area contributed by atoms with Gasteiger partial charge in [0.25, 0.3) is 0 Å². The molecule has 0 radical (unpaired) electrons. The molecule has 1 atom stereocenters. The summed E-state index contributed by atoms with van der Waals surface area (Å²) in [5.41, 5.74) is 4.87. The first-order valence-electron chi connectivity index (χ1n) is 3.92. The number of nitrogens with two attached hydrogens (primary N) is 1. The van der Waals surface area contributed by atoms with E-state index in [1.165, 1.54) is 0 Å². The average molecular weight is 175 g/mol. The molecule has 0 aromatic carbocycles. The number of carbonyl (C=O) groups excluding carboxylic acids is 1. The summed E-state index contributed by atoms with van der Waals surface area (Å²) in [5, 5.41) is 5.62. The van der Waals surface area contributed by atoms with Crippen molar-refractivity contribution in [1.29, 1.82) is 0 Å². The van der Waals surface area contributed by atoms with E-state index in [2.05, 4.69) is 10.6 Å². The Hall–Kier alpha value is -0.810. The highest BCUT2D eigenvalue weighted by Gasteiger charge is 1.98. The zero-order valence-electron chi connectivity index (χ0n) is 7.59. The van der Waals surface area contributed by atoms with Crippen LogP contribution in [0.5, 0.6) is 0 Å². The van der Waals surface area contributed by atoms with Crippen molar-refractivity contribution in [3.63, 3.8) is 0 Å². The van der Waals surface area contributed by atoms with Gasteiger partial charge >= 0.3 is 6.03 Å². The predicted octanol–water partition coefficient (Wildman–Crippen LogP) is -0.721. The number of carbonyl (C=O) groups is 1. The van der Waals surface area contributed by atoms with Crippen molar-refractivity contribution in [3.8, 4) is 0 Å². The van der Waals surface area contributed by atoms with Crippen molar-refractivity contribution in [3.05, 3.63) is 0 Å². The maximum atomic E-state index is 10.2. The van der Waals surface area contributed by atoms with Gasteiger partial charge in [0.2, 0.25) is 0 Å². The Labute approximate surface area is 72.6 Å². The van der Waals surface area contributed by atoms with E-state index < -0.39 is 6.03 Å². The molecule has 0 aliphatic carbocycles. The molecule has 0 aliphatic heterocycles. The van der Waals surface area contributed by atoms with E-state index in [0.717, 1.165) is 0 Å². The molecular formula is C7H17N3O2. The summed E-state index contributed by atoms with van der Waals surface area (Å²) < 4.78 is 4.91. The molecule has 0 rings (SSSR count). The summed E-state index contributed by atoms with van der Waals surface area (Å²) in [6.45, 7) is 3.92. The van der Waals surface area contributed by atoms with Gasteiger partial charge in [-0.25, -0.2) is 4.79 Å². The average Bonchev–Trinajstić information content (AvgIpc) is 1.98.